The topological polar surface area (TPSA) is 63.0 Å². The number of aryl methyl sites for hydroxylation is 1. The summed E-state index contributed by atoms with van der Waals surface area (Å²) in [6.07, 6.45) is 4.86. The molecule has 5 nitrogen and oxygen atoms in total. The third-order valence-electron chi connectivity index (χ3n) is 3.89. The molecule has 0 radical (unpaired) electrons. The standard InChI is InChI=1S/C11H18N4O/c1-7-13-14-11(6-16)15(7)10-4-8-2-3-9(5-10)12-8/h8-10,12,16H,2-6H2,1H3/t8-,9+,10?. The Morgan fingerprint density at radius 2 is 2.00 bits per heavy atom. The zero-order valence-corrected chi connectivity index (χ0v) is 9.56. The first kappa shape index (κ1) is 10.2. The second kappa shape index (κ2) is 3.82. The van der Waals surface area contributed by atoms with E-state index in [1.807, 2.05) is 6.92 Å². The zero-order valence-electron chi connectivity index (χ0n) is 9.56. The van der Waals surface area contributed by atoms with Crippen LogP contribution in [0.1, 0.15) is 43.4 Å². The summed E-state index contributed by atoms with van der Waals surface area (Å²) in [5, 5.41) is 21.0. The monoisotopic (exact) mass is 222 g/mol. The van der Waals surface area contributed by atoms with Crippen LogP contribution in [-0.4, -0.2) is 32.0 Å². The molecule has 1 aromatic rings. The van der Waals surface area contributed by atoms with Crippen molar-refractivity contribution >= 4 is 0 Å². The summed E-state index contributed by atoms with van der Waals surface area (Å²) in [6.45, 7) is 1.95. The minimum absolute atomic E-state index is 0.0138. The summed E-state index contributed by atoms with van der Waals surface area (Å²) in [5.41, 5.74) is 0. The summed E-state index contributed by atoms with van der Waals surface area (Å²) >= 11 is 0. The Morgan fingerprint density at radius 1 is 1.31 bits per heavy atom. The molecular formula is C11H18N4O. The molecule has 2 saturated heterocycles. The van der Waals surface area contributed by atoms with Gasteiger partial charge in [0, 0.05) is 18.1 Å². The molecule has 3 rings (SSSR count). The maximum Gasteiger partial charge on any atom is 0.159 e. The lowest BCUT2D eigenvalue weighted by molar-refractivity contribution is 0.240. The van der Waals surface area contributed by atoms with Gasteiger partial charge in [-0.15, -0.1) is 10.2 Å². The molecule has 2 N–H and O–H groups in total. The van der Waals surface area contributed by atoms with Crippen LogP contribution in [0.5, 0.6) is 0 Å². The smallest absolute Gasteiger partial charge is 0.159 e. The van der Waals surface area contributed by atoms with E-state index >= 15 is 0 Å². The second-order valence-corrected chi connectivity index (χ2v) is 4.95. The molecule has 0 amide bonds. The van der Waals surface area contributed by atoms with Gasteiger partial charge in [0.15, 0.2) is 5.82 Å². The van der Waals surface area contributed by atoms with Crippen molar-refractivity contribution < 1.29 is 5.11 Å². The van der Waals surface area contributed by atoms with Crippen LogP contribution in [-0.2, 0) is 6.61 Å². The van der Waals surface area contributed by atoms with Crippen LogP contribution in [0.2, 0.25) is 0 Å². The van der Waals surface area contributed by atoms with Gasteiger partial charge < -0.3 is 15.0 Å². The molecule has 3 atom stereocenters. The summed E-state index contributed by atoms with van der Waals surface area (Å²) in [6, 6.07) is 1.77. The van der Waals surface area contributed by atoms with Crippen LogP contribution in [0.3, 0.4) is 0 Å². The highest BCUT2D eigenvalue weighted by Crippen LogP contribution is 2.34. The maximum absolute atomic E-state index is 9.27. The Kier molecular flexibility index (Phi) is 2.44. The lowest BCUT2D eigenvalue weighted by atomic mass is 9.99. The molecule has 0 aliphatic carbocycles. The fourth-order valence-electron chi connectivity index (χ4n) is 3.23. The van der Waals surface area contributed by atoms with E-state index in [1.54, 1.807) is 0 Å². The van der Waals surface area contributed by atoms with Crippen molar-refractivity contribution in [3.05, 3.63) is 11.6 Å². The average molecular weight is 222 g/mol. The minimum Gasteiger partial charge on any atom is -0.388 e. The third kappa shape index (κ3) is 1.55. The highest BCUT2D eigenvalue weighted by Gasteiger charge is 2.35. The third-order valence-corrected chi connectivity index (χ3v) is 3.89. The number of aromatic nitrogens is 3. The normalized spacial score (nSPS) is 33.2. The molecule has 0 spiro atoms. The predicted molar refractivity (Wildman–Crippen MR) is 58.9 cm³/mol. The van der Waals surface area contributed by atoms with Crippen LogP contribution in [0.25, 0.3) is 0 Å². The van der Waals surface area contributed by atoms with Crippen LogP contribution < -0.4 is 5.32 Å². The fourth-order valence-corrected chi connectivity index (χ4v) is 3.23. The van der Waals surface area contributed by atoms with Gasteiger partial charge in [-0.25, -0.2) is 0 Å². The van der Waals surface area contributed by atoms with E-state index in [0.717, 1.165) is 18.7 Å². The van der Waals surface area contributed by atoms with Gasteiger partial charge in [-0.3, -0.25) is 0 Å². The molecule has 2 bridgehead atoms. The first-order chi connectivity index (χ1) is 7.78. The van der Waals surface area contributed by atoms with Gasteiger partial charge in [0.05, 0.1) is 0 Å². The summed E-state index contributed by atoms with van der Waals surface area (Å²) < 4.78 is 2.13. The van der Waals surface area contributed by atoms with Crippen LogP contribution in [0.15, 0.2) is 0 Å². The Labute approximate surface area is 94.9 Å². The quantitative estimate of drug-likeness (QED) is 0.766. The molecule has 2 aliphatic heterocycles. The number of aliphatic hydroxyl groups is 1. The number of nitrogens with one attached hydrogen (secondary N) is 1. The number of hydrogen-bond donors (Lipinski definition) is 2. The van der Waals surface area contributed by atoms with Crippen molar-refractivity contribution in [2.75, 3.05) is 0 Å². The van der Waals surface area contributed by atoms with E-state index in [4.69, 9.17) is 0 Å². The van der Waals surface area contributed by atoms with E-state index in [0.29, 0.717) is 23.9 Å². The molecule has 1 aromatic heterocycles. The number of piperidine rings is 1. The van der Waals surface area contributed by atoms with Gasteiger partial charge in [-0.1, -0.05) is 0 Å². The number of rotatable bonds is 2. The summed E-state index contributed by atoms with van der Waals surface area (Å²) in [5.74, 6) is 1.64. The van der Waals surface area contributed by atoms with E-state index in [-0.39, 0.29) is 6.61 Å². The van der Waals surface area contributed by atoms with Crippen molar-refractivity contribution in [1.82, 2.24) is 20.1 Å². The zero-order chi connectivity index (χ0) is 11.1. The SMILES string of the molecule is Cc1nnc(CO)n1C1C[C@H]2CC[C@@H](C1)N2. The molecule has 2 fully saturated rings. The van der Waals surface area contributed by atoms with Crippen molar-refractivity contribution in [2.45, 2.75) is 57.3 Å². The van der Waals surface area contributed by atoms with Crippen LogP contribution >= 0.6 is 0 Å². The highest BCUT2D eigenvalue weighted by molar-refractivity contribution is 5.02. The number of nitrogens with zero attached hydrogens (tertiary/aromatic N) is 3. The van der Waals surface area contributed by atoms with E-state index in [1.165, 1.54) is 12.8 Å². The largest absolute Gasteiger partial charge is 0.388 e. The first-order valence-corrected chi connectivity index (χ1v) is 6.05. The predicted octanol–water partition coefficient (Wildman–Crippen LogP) is 0.534. The van der Waals surface area contributed by atoms with Gasteiger partial charge >= 0.3 is 0 Å². The fraction of sp³-hybridized carbons (Fsp3) is 0.818. The van der Waals surface area contributed by atoms with Crippen molar-refractivity contribution in [1.29, 1.82) is 0 Å². The van der Waals surface area contributed by atoms with E-state index < -0.39 is 0 Å². The minimum atomic E-state index is -0.0138. The Morgan fingerprint density at radius 3 is 2.62 bits per heavy atom. The van der Waals surface area contributed by atoms with Gasteiger partial charge in [0.25, 0.3) is 0 Å². The molecule has 88 valence electrons. The molecule has 1 unspecified atom stereocenters. The molecule has 3 heterocycles. The molecule has 0 saturated carbocycles. The van der Waals surface area contributed by atoms with Crippen LogP contribution in [0, 0.1) is 6.92 Å². The number of hydrogen-bond acceptors (Lipinski definition) is 4. The Balaban J connectivity index is 1.88. The van der Waals surface area contributed by atoms with E-state index in [2.05, 4.69) is 20.1 Å². The first-order valence-electron chi connectivity index (χ1n) is 6.05. The Hall–Kier alpha value is -0.940. The Bertz CT molecular complexity index is 377. The van der Waals surface area contributed by atoms with Crippen molar-refractivity contribution in [3.63, 3.8) is 0 Å². The van der Waals surface area contributed by atoms with Crippen LogP contribution in [0.4, 0.5) is 0 Å². The molecule has 16 heavy (non-hydrogen) atoms. The average Bonchev–Trinajstić information content (AvgIpc) is 2.82. The second-order valence-electron chi connectivity index (χ2n) is 4.95. The lowest BCUT2D eigenvalue weighted by Gasteiger charge is -2.31. The number of aliphatic hydroxyl groups excluding tert-OH is 1. The maximum atomic E-state index is 9.27. The molecular weight excluding hydrogens is 204 g/mol. The van der Waals surface area contributed by atoms with Gasteiger partial charge in [0.2, 0.25) is 0 Å². The van der Waals surface area contributed by atoms with Gasteiger partial charge in [0.1, 0.15) is 12.4 Å². The van der Waals surface area contributed by atoms with Crippen molar-refractivity contribution in [2.24, 2.45) is 0 Å². The van der Waals surface area contributed by atoms with E-state index in [9.17, 15) is 5.11 Å². The molecule has 5 heteroatoms. The highest BCUT2D eigenvalue weighted by atomic mass is 16.3. The van der Waals surface area contributed by atoms with Gasteiger partial charge in [-0.05, 0) is 32.6 Å². The van der Waals surface area contributed by atoms with Crippen molar-refractivity contribution in [3.8, 4) is 0 Å². The summed E-state index contributed by atoms with van der Waals surface area (Å²) in [7, 11) is 0. The lowest BCUT2D eigenvalue weighted by Crippen LogP contribution is -2.39. The molecule has 2 aliphatic rings. The number of fused-ring (bicyclic) bond motifs is 2. The van der Waals surface area contributed by atoms with Gasteiger partial charge in [-0.2, -0.15) is 0 Å². The summed E-state index contributed by atoms with van der Waals surface area (Å²) in [4.78, 5) is 0. The molecule has 0 aromatic carbocycles.